The molecule has 0 radical (unpaired) electrons. The van der Waals surface area contributed by atoms with Gasteiger partial charge in [-0.05, 0) is 40.7 Å². The van der Waals surface area contributed by atoms with Gasteiger partial charge in [0.25, 0.3) is 0 Å². The van der Waals surface area contributed by atoms with Gasteiger partial charge in [-0.1, -0.05) is 0 Å². The molecule has 130 valence electrons. The van der Waals surface area contributed by atoms with Crippen molar-refractivity contribution in [1.29, 1.82) is 0 Å². The zero-order chi connectivity index (χ0) is 16.8. The van der Waals surface area contributed by atoms with E-state index < -0.39 is 29.8 Å². The zero-order valence-corrected chi connectivity index (χ0v) is 14.2. The number of ether oxygens (including phenoxy) is 6. The highest BCUT2D eigenvalue weighted by molar-refractivity contribution is 5.86. The molecule has 0 aliphatic carbocycles. The summed E-state index contributed by atoms with van der Waals surface area (Å²) in [5.74, 6) is -1.83. The number of hydrogen-bond donors (Lipinski definition) is 0. The first-order valence-electron chi connectivity index (χ1n) is 7.94. The molecule has 3 rings (SSSR count). The largest absolute Gasteiger partial charge is 0.478 e. The molecule has 0 aromatic carbocycles. The molecule has 7 nitrogen and oxygen atoms in total. The van der Waals surface area contributed by atoms with Crippen LogP contribution < -0.4 is 0 Å². The summed E-state index contributed by atoms with van der Waals surface area (Å²) < 4.78 is 34.2. The maximum Gasteiger partial charge on any atom is 0.373 e. The van der Waals surface area contributed by atoms with Crippen LogP contribution in [0.15, 0.2) is 11.8 Å². The average molecular weight is 328 g/mol. The Morgan fingerprint density at radius 3 is 2.52 bits per heavy atom. The third-order valence-corrected chi connectivity index (χ3v) is 3.94. The van der Waals surface area contributed by atoms with Crippen molar-refractivity contribution >= 4 is 5.97 Å². The fraction of sp³-hybridized carbons (Fsp3) is 0.812. The Kier molecular flexibility index (Phi) is 4.16. The molecule has 0 bridgehead atoms. The molecule has 0 aromatic rings. The van der Waals surface area contributed by atoms with Gasteiger partial charge >= 0.3 is 5.97 Å². The smallest absolute Gasteiger partial charge is 0.373 e. The second-order valence-electron chi connectivity index (χ2n) is 6.77. The lowest BCUT2D eigenvalue weighted by atomic mass is 10.00. The second kappa shape index (κ2) is 5.73. The highest BCUT2D eigenvalue weighted by Crippen LogP contribution is 2.39. The first-order valence-corrected chi connectivity index (χ1v) is 7.94. The molecule has 3 aliphatic rings. The van der Waals surface area contributed by atoms with Crippen molar-refractivity contribution < 1.29 is 33.2 Å². The summed E-state index contributed by atoms with van der Waals surface area (Å²) in [7, 11) is 0. The molecule has 2 saturated heterocycles. The third-order valence-electron chi connectivity index (χ3n) is 3.94. The van der Waals surface area contributed by atoms with E-state index in [1.165, 1.54) is 0 Å². The van der Waals surface area contributed by atoms with Crippen LogP contribution in [-0.4, -0.2) is 55.2 Å². The molecule has 0 saturated carbocycles. The molecular weight excluding hydrogens is 304 g/mol. The maximum atomic E-state index is 12.1. The topological polar surface area (TPSA) is 72.5 Å². The summed E-state index contributed by atoms with van der Waals surface area (Å²) in [5, 5.41) is 0. The highest BCUT2D eigenvalue weighted by Gasteiger charge is 2.53. The van der Waals surface area contributed by atoms with E-state index in [1.54, 1.807) is 13.0 Å². The predicted molar refractivity (Wildman–Crippen MR) is 78.3 cm³/mol. The van der Waals surface area contributed by atoms with E-state index >= 15 is 0 Å². The van der Waals surface area contributed by atoms with Crippen molar-refractivity contribution in [3.63, 3.8) is 0 Å². The first-order chi connectivity index (χ1) is 10.7. The van der Waals surface area contributed by atoms with Gasteiger partial charge in [0.1, 0.15) is 18.3 Å². The van der Waals surface area contributed by atoms with E-state index in [0.717, 1.165) is 0 Å². The molecule has 0 unspecified atom stereocenters. The van der Waals surface area contributed by atoms with Gasteiger partial charge in [0.05, 0.1) is 13.2 Å². The number of fused-ring (bicyclic) bond motifs is 1. The van der Waals surface area contributed by atoms with Gasteiger partial charge in [-0.25, -0.2) is 4.79 Å². The Hall–Kier alpha value is -1.15. The van der Waals surface area contributed by atoms with Crippen LogP contribution in [0.4, 0.5) is 0 Å². The van der Waals surface area contributed by atoms with Crippen LogP contribution in [0, 0.1) is 0 Å². The van der Waals surface area contributed by atoms with E-state index in [1.807, 2.05) is 27.7 Å². The van der Waals surface area contributed by atoms with Gasteiger partial charge in [-0.3, -0.25) is 0 Å². The maximum absolute atomic E-state index is 12.1. The van der Waals surface area contributed by atoms with E-state index in [-0.39, 0.29) is 24.6 Å². The van der Waals surface area contributed by atoms with E-state index in [0.29, 0.717) is 6.61 Å². The summed E-state index contributed by atoms with van der Waals surface area (Å²) in [6, 6.07) is 0. The number of carbonyl (C=O) groups excluding carboxylic acids is 1. The summed E-state index contributed by atoms with van der Waals surface area (Å²) in [6.07, 6.45) is -0.00304. The lowest BCUT2D eigenvalue weighted by Crippen LogP contribution is -2.49. The minimum atomic E-state index is -0.757. The van der Waals surface area contributed by atoms with Gasteiger partial charge in [0.2, 0.25) is 5.76 Å². The van der Waals surface area contributed by atoms with Crippen molar-refractivity contribution in [3.8, 4) is 0 Å². The summed E-state index contributed by atoms with van der Waals surface area (Å²) in [5.41, 5.74) is 0. The standard InChI is InChI=1S/C16H24O7/c1-6-18-14(17)10-7-9-13(23-16(4,5)21-9)12(20-10)11-8-19-15(2,3)22-11/h7,9,11-13H,6,8H2,1-5H3/t9-,11-,12-,13-/m1/s1. The molecule has 0 amide bonds. The van der Waals surface area contributed by atoms with Gasteiger partial charge in [-0.2, -0.15) is 0 Å². The van der Waals surface area contributed by atoms with Crippen molar-refractivity contribution in [3.05, 3.63) is 11.8 Å². The molecule has 4 atom stereocenters. The van der Waals surface area contributed by atoms with Crippen LogP contribution in [0.3, 0.4) is 0 Å². The first kappa shape index (κ1) is 16.7. The molecule has 2 fully saturated rings. The van der Waals surface area contributed by atoms with Crippen molar-refractivity contribution in [2.45, 2.75) is 70.6 Å². The Bertz CT molecular complexity index is 511. The second-order valence-corrected chi connectivity index (χ2v) is 6.77. The monoisotopic (exact) mass is 328 g/mol. The van der Waals surface area contributed by atoms with Gasteiger partial charge in [-0.15, -0.1) is 0 Å². The molecular formula is C16H24O7. The van der Waals surface area contributed by atoms with Crippen molar-refractivity contribution in [1.82, 2.24) is 0 Å². The Labute approximate surface area is 135 Å². The minimum absolute atomic E-state index is 0.132. The minimum Gasteiger partial charge on any atom is -0.478 e. The number of rotatable bonds is 3. The van der Waals surface area contributed by atoms with E-state index in [2.05, 4.69) is 0 Å². The number of carbonyl (C=O) groups is 1. The van der Waals surface area contributed by atoms with E-state index in [4.69, 9.17) is 28.4 Å². The molecule has 3 heterocycles. The van der Waals surface area contributed by atoms with Crippen LogP contribution in [0.2, 0.25) is 0 Å². The third kappa shape index (κ3) is 3.38. The highest BCUT2D eigenvalue weighted by atomic mass is 16.8. The lowest BCUT2D eigenvalue weighted by molar-refractivity contribution is -0.184. The molecule has 0 spiro atoms. The zero-order valence-electron chi connectivity index (χ0n) is 14.2. The Morgan fingerprint density at radius 1 is 1.17 bits per heavy atom. The van der Waals surface area contributed by atoms with Crippen molar-refractivity contribution in [2.24, 2.45) is 0 Å². The van der Waals surface area contributed by atoms with Crippen LogP contribution in [0.1, 0.15) is 34.6 Å². The number of esters is 1. The van der Waals surface area contributed by atoms with Gasteiger partial charge in [0.15, 0.2) is 17.7 Å². The number of hydrogen-bond acceptors (Lipinski definition) is 7. The van der Waals surface area contributed by atoms with E-state index in [9.17, 15) is 4.79 Å². The SMILES string of the molecule is CCOC(=O)C1=C[C@H]2OC(C)(C)O[C@H]2[C@@H]([C@H]2COC(C)(C)O2)O1. The van der Waals surface area contributed by atoms with Crippen LogP contribution in [0.5, 0.6) is 0 Å². The van der Waals surface area contributed by atoms with Crippen LogP contribution in [-0.2, 0) is 33.2 Å². The summed E-state index contributed by atoms with van der Waals surface area (Å²) in [4.78, 5) is 12.1. The van der Waals surface area contributed by atoms with Gasteiger partial charge in [0, 0.05) is 0 Å². The lowest BCUT2D eigenvalue weighted by Gasteiger charge is -2.34. The summed E-state index contributed by atoms with van der Waals surface area (Å²) in [6.45, 7) is 9.72. The quantitative estimate of drug-likeness (QED) is 0.727. The van der Waals surface area contributed by atoms with Crippen LogP contribution >= 0.6 is 0 Å². The fourth-order valence-corrected chi connectivity index (χ4v) is 3.09. The van der Waals surface area contributed by atoms with Crippen molar-refractivity contribution in [2.75, 3.05) is 13.2 Å². The predicted octanol–water partition coefficient (Wildman–Crippen LogP) is 1.50. The fourth-order valence-electron chi connectivity index (χ4n) is 3.09. The normalized spacial score (nSPS) is 37.7. The molecule has 23 heavy (non-hydrogen) atoms. The van der Waals surface area contributed by atoms with Crippen LogP contribution in [0.25, 0.3) is 0 Å². The molecule has 7 heteroatoms. The van der Waals surface area contributed by atoms with Gasteiger partial charge < -0.3 is 28.4 Å². The average Bonchev–Trinajstić information content (AvgIpc) is 2.95. The summed E-state index contributed by atoms with van der Waals surface area (Å²) >= 11 is 0. The molecule has 0 aromatic heterocycles. The Morgan fingerprint density at radius 2 is 1.91 bits per heavy atom. The Balaban J connectivity index is 1.84. The molecule has 3 aliphatic heterocycles. The molecule has 0 N–H and O–H groups in total.